The summed E-state index contributed by atoms with van der Waals surface area (Å²) in [5, 5.41) is 0.679. The molecule has 2 aromatic heterocycles. The van der Waals surface area contributed by atoms with Crippen LogP contribution in [0, 0.1) is 0 Å². The number of rotatable bonds is 2. The molecule has 0 bridgehead atoms. The summed E-state index contributed by atoms with van der Waals surface area (Å²) in [5.41, 5.74) is 0. The normalized spacial score (nSPS) is 10.0. The minimum atomic E-state index is 0.311. The van der Waals surface area contributed by atoms with Gasteiger partial charge >= 0.3 is 0 Å². The van der Waals surface area contributed by atoms with E-state index in [0.29, 0.717) is 21.8 Å². The van der Waals surface area contributed by atoms with E-state index >= 15 is 0 Å². The van der Waals surface area contributed by atoms with Gasteiger partial charge in [0.05, 0.1) is 0 Å². The Bertz CT molecular complexity index is 476. The summed E-state index contributed by atoms with van der Waals surface area (Å²) in [4.78, 5) is 7.73. The maximum Gasteiger partial charge on any atom is 0.171 e. The maximum absolute atomic E-state index is 5.83. The molecule has 2 heterocycles. The van der Waals surface area contributed by atoms with Gasteiger partial charge in [-0.15, -0.1) is 0 Å². The zero-order chi connectivity index (χ0) is 10.7. The monoisotopic (exact) mass is 240 g/mol. The van der Waals surface area contributed by atoms with E-state index in [0.717, 1.165) is 0 Å². The van der Waals surface area contributed by atoms with Gasteiger partial charge < -0.3 is 4.74 Å². The van der Waals surface area contributed by atoms with Crippen molar-refractivity contribution in [1.82, 2.24) is 9.97 Å². The van der Waals surface area contributed by atoms with Crippen molar-refractivity contribution in [2.75, 3.05) is 0 Å². The zero-order valence-corrected chi connectivity index (χ0v) is 9.03. The van der Waals surface area contributed by atoms with E-state index in [1.807, 2.05) is 0 Å². The molecular formula is C10H6Cl2N2O. The molecule has 0 unspecified atom stereocenters. The molecule has 0 aliphatic rings. The van der Waals surface area contributed by atoms with Gasteiger partial charge in [-0.3, -0.25) is 0 Å². The Hall–Kier alpha value is -1.32. The van der Waals surface area contributed by atoms with Crippen molar-refractivity contribution >= 4 is 23.2 Å². The van der Waals surface area contributed by atoms with Crippen LogP contribution >= 0.6 is 23.2 Å². The van der Waals surface area contributed by atoms with Crippen molar-refractivity contribution in [3.63, 3.8) is 0 Å². The first kappa shape index (κ1) is 10.2. The molecule has 5 heteroatoms. The maximum atomic E-state index is 5.83. The van der Waals surface area contributed by atoms with Crippen LogP contribution in [0.25, 0.3) is 0 Å². The third-order valence-electron chi connectivity index (χ3n) is 1.65. The molecule has 0 saturated carbocycles. The summed E-state index contributed by atoms with van der Waals surface area (Å²) >= 11 is 11.5. The lowest BCUT2D eigenvalue weighted by Gasteiger charge is -2.05. The molecule has 0 fully saturated rings. The van der Waals surface area contributed by atoms with Crippen molar-refractivity contribution in [2.24, 2.45) is 0 Å². The van der Waals surface area contributed by atoms with E-state index in [2.05, 4.69) is 9.97 Å². The number of ether oxygens (including phenoxy) is 1. The largest absolute Gasteiger partial charge is 0.454 e. The van der Waals surface area contributed by atoms with Crippen molar-refractivity contribution in [3.05, 3.63) is 47.0 Å². The molecule has 0 spiro atoms. The first-order valence-electron chi connectivity index (χ1n) is 4.15. The molecule has 0 radical (unpaired) electrons. The summed E-state index contributed by atoms with van der Waals surface area (Å²) in [6.07, 6.45) is 3.15. The number of aromatic nitrogens is 2. The molecule has 0 aliphatic carbocycles. The fourth-order valence-electron chi connectivity index (χ4n) is 1.02. The summed E-state index contributed by atoms with van der Waals surface area (Å²) in [5.74, 6) is 1.06. The molecule has 0 amide bonds. The topological polar surface area (TPSA) is 35.0 Å². The summed E-state index contributed by atoms with van der Waals surface area (Å²) in [6, 6.07) is 6.76. The average molecular weight is 241 g/mol. The molecule has 0 atom stereocenters. The lowest BCUT2D eigenvalue weighted by atomic mass is 10.4. The van der Waals surface area contributed by atoms with Gasteiger partial charge in [0.2, 0.25) is 0 Å². The van der Waals surface area contributed by atoms with Crippen LogP contribution in [-0.4, -0.2) is 9.97 Å². The van der Waals surface area contributed by atoms with Crippen LogP contribution in [0.15, 0.2) is 36.7 Å². The second-order valence-corrected chi connectivity index (χ2v) is 3.45. The Labute approximate surface area is 96.6 Å². The highest BCUT2D eigenvalue weighted by atomic mass is 35.5. The van der Waals surface area contributed by atoms with E-state index in [-0.39, 0.29) is 0 Å². The Balaban J connectivity index is 2.26. The number of hydrogen-bond acceptors (Lipinski definition) is 3. The van der Waals surface area contributed by atoms with Gasteiger partial charge in [-0.25, -0.2) is 9.97 Å². The molecule has 0 N–H and O–H groups in total. The number of halogens is 2. The first-order valence-corrected chi connectivity index (χ1v) is 4.91. The lowest BCUT2D eigenvalue weighted by molar-refractivity contribution is 0.480. The van der Waals surface area contributed by atoms with Gasteiger partial charge in [0, 0.05) is 18.5 Å². The predicted octanol–water partition coefficient (Wildman–Crippen LogP) is 3.58. The van der Waals surface area contributed by atoms with Gasteiger partial charge in [-0.1, -0.05) is 23.2 Å². The summed E-state index contributed by atoms with van der Waals surface area (Å²) in [7, 11) is 0. The first-order chi connectivity index (χ1) is 7.25. The highest BCUT2D eigenvalue weighted by Crippen LogP contribution is 2.27. The van der Waals surface area contributed by atoms with Crippen LogP contribution in [-0.2, 0) is 0 Å². The molecular weight excluding hydrogens is 235 g/mol. The molecule has 76 valence electrons. The van der Waals surface area contributed by atoms with Gasteiger partial charge in [0.25, 0.3) is 0 Å². The highest BCUT2D eigenvalue weighted by Gasteiger charge is 2.03. The van der Waals surface area contributed by atoms with Gasteiger partial charge in [-0.05, 0) is 18.2 Å². The number of nitrogens with zero attached hydrogens (tertiary/aromatic N) is 2. The number of hydrogen-bond donors (Lipinski definition) is 0. The average Bonchev–Trinajstić information content (AvgIpc) is 2.22. The van der Waals surface area contributed by atoms with Crippen LogP contribution in [0.3, 0.4) is 0 Å². The van der Waals surface area contributed by atoms with Crippen molar-refractivity contribution in [2.45, 2.75) is 0 Å². The fourth-order valence-corrected chi connectivity index (χ4v) is 1.34. The zero-order valence-electron chi connectivity index (χ0n) is 7.52. The van der Waals surface area contributed by atoms with Gasteiger partial charge in [0.1, 0.15) is 10.9 Å². The van der Waals surface area contributed by atoms with Crippen LogP contribution in [0.4, 0.5) is 0 Å². The fraction of sp³-hybridized carbons (Fsp3) is 0. The Morgan fingerprint density at radius 1 is 1.07 bits per heavy atom. The quantitative estimate of drug-likeness (QED) is 0.753. The van der Waals surface area contributed by atoms with Gasteiger partial charge in [-0.2, -0.15) is 0 Å². The smallest absolute Gasteiger partial charge is 0.171 e. The van der Waals surface area contributed by atoms with Crippen LogP contribution < -0.4 is 4.74 Å². The van der Waals surface area contributed by atoms with E-state index in [9.17, 15) is 0 Å². The van der Waals surface area contributed by atoms with Crippen molar-refractivity contribution in [1.29, 1.82) is 0 Å². The molecule has 2 aromatic rings. The lowest BCUT2D eigenvalue weighted by Crippen LogP contribution is -1.87. The molecule has 15 heavy (non-hydrogen) atoms. The van der Waals surface area contributed by atoms with E-state index < -0.39 is 0 Å². The Morgan fingerprint density at radius 3 is 2.67 bits per heavy atom. The SMILES string of the molecule is Clc1cc(Oc2cccnc2Cl)ccn1. The molecule has 0 saturated heterocycles. The van der Waals surface area contributed by atoms with E-state index in [4.69, 9.17) is 27.9 Å². The Morgan fingerprint density at radius 2 is 1.93 bits per heavy atom. The van der Waals surface area contributed by atoms with Gasteiger partial charge in [0.15, 0.2) is 10.9 Å². The van der Waals surface area contributed by atoms with E-state index in [1.54, 1.807) is 36.7 Å². The summed E-state index contributed by atoms with van der Waals surface area (Å²) < 4.78 is 5.47. The minimum absolute atomic E-state index is 0.311. The highest BCUT2D eigenvalue weighted by molar-refractivity contribution is 6.30. The Kier molecular flexibility index (Phi) is 3.04. The second-order valence-electron chi connectivity index (χ2n) is 2.71. The molecule has 3 nitrogen and oxygen atoms in total. The van der Waals surface area contributed by atoms with Crippen LogP contribution in [0.1, 0.15) is 0 Å². The third-order valence-corrected chi connectivity index (χ3v) is 2.14. The molecule has 0 aliphatic heterocycles. The minimum Gasteiger partial charge on any atom is -0.454 e. The second kappa shape index (κ2) is 4.47. The standard InChI is InChI=1S/C10H6Cl2N2O/c11-9-6-7(3-5-13-9)15-8-2-1-4-14-10(8)12/h1-6H. The summed E-state index contributed by atoms with van der Waals surface area (Å²) in [6.45, 7) is 0. The van der Waals surface area contributed by atoms with Crippen molar-refractivity contribution in [3.8, 4) is 11.5 Å². The van der Waals surface area contributed by atoms with Crippen molar-refractivity contribution < 1.29 is 4.74 Å². The predicted molar refractivity (Wildman–Crippen MR) is 58.6 cm³/mol. The van der Waals surface area contributed by atoms with Crippen LogP contribution in [0.2, 0.25) is 10.3 Å². The molecule has 0 aromatic carbocycles. The van der Waals surface area contributed by atoms with Crippen LogP contribution in [0.5, 0.6) is 11.5 Å². The molecule has 2 rings (SSSR count). The van der Waals surface area contributed by atoms with E-state index in [1.165, 1.54) is 0 Å². The third kappa shape index (κ3) is 2.58. The number of pyridine rings is 2.